The van der Waals surface area contributed by atoms with E-state index in [1.165, 1.54) is 19.3 Å². The number of anilines is 1. The van der Waals surface area contributed by atoms with Crippen LogP contribution in [0.5, 0.6) is 0 Å². The van der Waals surface area contributed by atoms with Crippen molar-refractivity contribution in [3.8, 4) is 0 Å². The van der Waals surface area contributed by atoms with Crippen LogP contribution in [0.4, 0.5) is 6.01 Å². The van der Waals surface area contributed by atoms with Gasteiger partial charge in [-0.3, -0.25) is 0 Å². The molecule has 16 heavy (non-hydrogen) atoms. The molecule has 1 atom stereocenters. The second kappa shape index (κ2) is 5.30. The highest BCUT2D eigenvalue weighted by Crippen LogP contribution is 2.21. The molecule has 1 unspecified atom stereocenters. The molecule has 1 saturated heterocycles. The van der Waals surface area contributed by atoms with Crippen LogP contribution in [0.15, 0.2) is 4.42 Å². The van der Waals surface area contributed by atoms with Crippen LogP contribution >= 0.6 is 0 Å². The molecule has 0 amide bonds. The second-order valence-electron chi connectivity index (χ2n) is 4.53. The Morgan fingerprint density at radius 2 is 2.25 bits per heavy atom. The van der Waals surface area contributed by atoms with Gasteiger partial charge in [0.1, 0.15) is 0 Å². The Morgan fingerprint density at radius 1 is 1.38 bits per heavy atom. The Balaban J connectivity index is 1.99. The smallest absolute Gasteiger partial charge is 0.318 e. The summed E-state index contributed by atoms with van der Waals surface area (Å²) >= 11 is 0. The van der Waals surface area contributed by atoms with E-state index in [1.807, 2.05) is 7.05 Å². The Morgan fingerprint density at radius 3 is 3.06 bits per heavy atom. The molecule has 0 saturated carbocycles. The Bertz CT molecular complexity index is 326. The lowest BCUT2D eigenvalue weighted by Crippen LogP contribution is -2.24. The average Bonchev–Trinajstić information content (AvgIpc) is 2.62. The molecule has 5 nitrogen and oxygen atoms in total. The topological polar surface area (TPSA) is 54.2 Å². The van der Waals surface area contributed by atoms with Crippen LogP contribution in [0.25, 0.3) is 0 Å². The van der Waals surface area contributed by atoms with Gasteiger partial charge in [0.15, 0.2) is 0 Å². The SMILES string of the molecule is CNCc1nnc(N2CCCC(C)CC2)o1. The van der Waals surface area contributed by atoms with Crippen LogP contribution in [0.2, 0.25) is 0 Å². The molecule has 2 heterocycles. The quantitative estimate of drug-likeness (QED) is 0.841. The Kier molecular flexibility index (Phi) is 3.77. The van der Waals surface area contributed by atoms with Crippen molar-refractivity contribution < 1.29 is 4.42 Å². The standard InChI is InChI=1S/C11H20N4O/c1-9-4-3-6-15(7-5-9)11-14-13-10(16-11)8-12-2/h9,12H,3-8H2,1-2H3. The monoisotopic (exact) mass is 224 g/mol. The van der Waals surface area contributed by atoms with Gasteiger partial charge in [-0.25, -0.2) is 0 Å². The van der Waals surface area contributed by atoms with Crippen molar-refractivity contribution in [1.29, 1.82) is 0 Å². The number of nitrogens with zero attached hydrogens (tertiary/aromatic N) is 3. The van der Waals surface area contributed by atoms with Gasteiger partial charge in [0.05, 0.1) is 6.54 Å². The summed E-state index contributed by atoms with van der Waals surface area (Å²) in [5, 5.41) is 11.1. The van der Waals surface area contributed by atoms with Gasteiger partial charge < -0.3 is 14.6 Å². The van der Waals surface area contributed by atoms with Gasteiger partial charge in [-0.05, 0) is 32.2 Å². The van der Waals surface area contributed by atoms with E-state index in [0.717, 1.165) is 19.0 Å². The van der Waals surface area contributed by atoms with E-state index in [9.17, 15) is 0 Å². The van der Waals surface area contributed by atoms with Gasteiger partial charge in [-0.2, -0.15) is 0 Å². The van der Waals surface area contributed by atoms with Crippen molar-refractivity contribution in [1.82, 2.24) is 15.5 Å². The van der Waals surface area contributed by atoms with Gasteiger partial charge in [-0.15, -0.1) is 5.10 Å². The molecule has 5 heteroatoms. The third-order valence-corrected chi connectivity index (χ3v) is 3.07. The lowest BCUT2D eigenvalue weighted by Gasteiger charge is -2.16. The summed E-state index contributed by atoms with van der Waals surface area (Å²) in [5.74, 6) is 1.47. The molecule has 1 N–H and O–H groups in total. The summed E-state index contributed by atoms with van der Waals surface area (Å²) in [6.07, 6.45) is 3.72. The van der Waals surface area contributed by atoms with Crippen LogP contribution in [0.3, 0.4) is 0 Å². The lowest BCUT2D eigenvalue weighted by molar-refractivity contribution is 0.469. The maximum Gasteiger partial charge on any atom is 0.318 e. The van der Waals surface area contributed by atoms with E-state index >= 15 is 0 Å². The summed E-state index contributed by atoms with van der Waals surface area (Å²) in [7, 11) is 1.87. The zero-order chi connectivity index (χ0) is 11.4. The van der Waals surface area contributed by atoms with Crippen molar-refractivity contribution in [2.24, 2.45) is 5.92 Å². The van der Waals surface area contributed by atoms with E-state index in [0.29, 0.717) is 18.5 Å². The third kappa shape index (κ3) is 2.72. The fourth-order valence-electron chi connectivity index (χ4n) is 2.05. The normalized spacial score (nSPS) is 22.1. The van der Waals surface area contributed by atoms with E-state index in [-0.39, 0.29) is 0 Å². The highest BCUT2D eigenvalue weighted by atomic mass is 16.4. The molecule has 0 radical (unpaired) electrons. The summed E-state index contributed by atoms with van der Waals surface area (Å²) in [6, 6.07) is 0.680. The van der Waals surface area contributed by atoms with Gasteiger partial charge in [0.25, 0.3) is 0 Å². The Hall–Kier alpha value is -1.10. The minimum Gasteiger partial charge on any atom is -0.407 e. The zero-order valence-corrected chi connectivity index (χ0v) is 10.1. The Labute approximate surface area is 96.2 Å². The molecule has 0 bridgehead atoms. The fourth-order valence-corrected chi connectivity index (χ4v) is 2.05. The maximum absolute atomic E-state index is 5.60. The molecular formula is C11H20N4O. The number of aromatic nitrogens is 2. The summed E-state index contributed by atoms with van der Waals surface area (Å²) in [6.45, 7) is 5.01. The molecule has 0 aliphatic carbocycles. The molecule has 0 spiro atoms. The highest BCUT2D eigenvalue weighted by Gasteiger charge is 2.18. The van der Waals surface area contributed by atoms with E-state index < -0.39 is 0 Å². The first kappa shape index (κ1) is 11.4. The van der Waals surface area contributed by atoms with Crippen molar-refractivity contribution in [2.75, 3.05) is 25.0 Å². The summed E-state index contributed by atoms with van der Waals surface area (Å²) in [5.41, 5.74) is 0. The predicted molar refractivity (Wildman–Crippen MR) is 62.3 cm³/mol. The van der Waals surface area contributed by atoms with Gasteiger partial charge in [0, 0.05) is 13.1 Å². The zero-order valence-electron chi connectivity index (χ0n) is 10.1. The largest absolute Gasteiger partial charge is 0.407 e. The van der Waals surface area contributed by atoms with Crippen LogP contribution in [0.1, 0.15) is 32.1 Å². The van der Waals surface area contributed by atoms with E-state index in [4.69, 9.17) is 4.42 Å². The van der Waals surface area contributed by atoms with Crippen LogP contribution in [-0.2, 0) is 6.54 Å². The van der Waals surface area contributed by atoms with Gasteiger partial charge >= 0.3 is 6.01 Å². The van der Waals surface area contributed by atoms with Crippen LogP contribution in [-0.4, -0.2) is 30.3 Å². The summed E-state index contributed by atoms with van der Waals surface area (Å²) < 4.78 is 5.60. The molecule has 1 fully saturated rings. The maximum atomic E-state index is 5.60. The minimum absolute atomic E-state index is 0.636. The van der Waals surface area contributed by atoms with Gasteiger partial charge in [0.2, 0.25) is 5.89 Å². The molecular weight excluding hydrogens is 204 g/mol. The highest BCUT2D eigenvalue weighted by molar-refractivity contribution is 5.24. The van der Waals surface area contributed by atoms with E-state index in [1.54, 1.807) is 0 Å². The van der Waals surface area contributed by atoms with Gasteiger partial charge in [-0.1, -0.05) is 12.0 Å². The van der Waals surface area contributed by atoms with Crippen molar-refractivity contribution in [2.45, 2.75) is 32.7 Å². The van der Waals surface area contributed by atoms with Crippen molar-refractivity contribution in [3.05, 3.63) is 5.89 Å². The number of nitrogens with one attached hydrogen (secondary N) is 1. The molecule has 1 aliphatic rings. The van der Waals surface area contributed by atoms with Crippen molar-refractivity contribution in [3.63, 3.8) is 0 Å². The summed E-state index contributed by atoms with van der Waals surface area (Å²) in [4.78, 5) is 2.20. The molecule has 1 aromatic rings. The predicted octanol–water partition coefficient (Wildman–Crippen LogP) is 1.42. The fraction of sp³-hybridized carbons (Fsp3) is 0.818. The van der Waals surface area contributed by atoms with Crippen molar-refractivity contribution >= 4 is 6.01 Å². The first-order valence-corrected chi connectivity index (χ1v) is 6.01. The number of hydrogen-bond acceptors (Lipinski definition) is 5. The molecule has 90 valence electrons. The number of hydrogen-bond donors (Lipinski definition) is 1. The van der Waals surface area contributed by atoms with E-state index in [2.05, 4.69) is 27.3 Å². The second-order valence-corrected chi connectivity index (χ2v) is 4.53. The molecule has 0 aromatic carbocycles. The lowest BCUT2D eigenvalue weighted by atomic mass is 10.0. The number of rotatable bonds is 3. The first-order valence-electron chi connectivity index (χ1n) is 6.01. The molecule has 1 aliphatic heterocycles. The van der Waals surface area contributed by atoms with Crippen LogP contribution in [0, 0.1) is 5.92 Å². The average molecular weight is 224 g/mol. The minimum atomic E-state index is 0.636. The third-order valence-electron chi connectivity index (χ3n) is 3.07. The molecule has 1 aromatic heterocycles. The van der Waals surface area contributed by atoms with Crippen LogP contribution < -0.4 is 10.2 Å². The first-order chi connectivity index (χ1) is 7.79. The molecule has 2 rings (SSSR count).